The number of benzene rings is 1. The van der Waals surface area contributed by atoms with Crippen molar-refractivity contribution in [2.24, 2.45) is 0 Å². The van der Waals surface area contributed by atoms with Gasteiger partial charge in [-0.3, -0.25) is 14.9 Å². The maximum absolute atomic E-state index is 12.1. The Kier molecular flexibility index (Phi) is 5.19. The number of hydrogen-bond donors (Lipinski definition) is 1. The number of carbonyl (C=O) groups is 2. The molecule has 0 aromatic heterocycles. The first-order valence-electron chi connectivity index (χ1n) is 6.15. The Morgan fingerprint density at radius 3 is 2.40 bits per heavy atom. The Hall–Kier alpha value is -2.44. The third-order valence-electron chi connectivity index (χ3n) is 2.82. The van der Waals surface area contributed by atoms with E-state index in [4.69, 9.17) is 5.11 Å². The van der Waals surface area contributed by atoms with Gasteiger partial charge in [0.2, 0.25) is 0 Å². The van der Waals surface area contributed by atoms with E-state index in [0.717, 1.165) is 31.0 Å². The summed E-state index contributed by atoms with van der Waals surface area (Å²) in [5.41, 5.74) is -0.668. The number of amides is 1. The Bertz CT molecular complexity index is 509. The van der Waals surface area contributed by atoms with Crippen molar-refractivity contribution in [2.75, 3.05) is 13.6 Å². The summed E-state index contributed by atoms with van der Waals surface area (Å²) < 4.78 is 0. The molecule has 1 aromatic carbocycles. The fourth-order valence-corrected chi connectivity index (χ4v) is 1.68. The van der Waals surface area contributed by atoms with E-state index < -0.39 is 22.5 Å². The van der Waals surface area contributed by atoms with Crippen LogP contribution in [0.1, 0.15) is 40.5 Å². The van der Waals surface area contributed by atoms with Crippen LogP contribution in [0.25, 0.3) is 0 Å². The summed E-state index contributed by atoms with van der Waals surface area (Å²) in [6, 6.07) is 3.18. The molecule has 0 aliphatic carbocycles. The van der Waals surface area contributed by atoms with Crippen LogP contribution in [0, 0.1) is 10.1 Å². The summed E-state index contributed by atoms with van der Waals surface area (Å²) in [5, 5.41) is 19.7. The molecule has 0 atom stereocenters. The Labute approximate surface area is 116 Å². The largest absolute Gasteiger partial charge is 0.478 e. The monoisotopic (exact) mass is 280 g/mol. The molecule has 108 valence electrons. The average Bonchev–Trinajstić information content (AvgIpc) is 2.43. The van der Waals surface area contributed by atoms with Crippen LogP contribution in [0.2, 0.25) is 0 Å². The van der Waals surface area contributed by atoms with E-state index in [0.29, 0.717) is 6.54 Å². The molecule has 0 radical (unpaired) electrons. The smallest absolute Gasteiger partial charge is 0.335 e. The van der Waals surface area contributed by atoms with Crippen molar-refractivity contribution in [3.8, 4) is 0 Å². The van der Waals surface area contributed by atoms with Crippen LogP contribution in [0.5, 0.6) is 0 Å². The van der Waals surface area contributed by atoms with Crippen molar-refractivity contribution < 1.29 is 19.6 Å². The van der Waals surface area contributed by atoms with Crippen molar-refractivity contribution in [3.05, 3.63) is 39.4 Å². The molecule has 7 heteroatoms. The third-order valence-corrected chi connectivity index (χ3v) is 2.82. The fourth-order valence-electron chi connectivity index (χ4n) is 1.68. The third kappa shape index (κ3) is 3.78. The number of nitro benzene ring substituents is 1. The maximum Gasteiger partial charge on any atom is 0.335 e. The molecule has 0 saturated heterocycles. The van der Waals surface area contributed by atoms with Crippen molar-refractivity contribution in [1.29, 1.82) is 0 Å². The molecule has 0 bridgehead atoms. The van der Waals surface area contributed by atoms with Crippen LogP contribution >= 0.6 is 0 Å². The Balaban J connectivity index is 3.13. The quantitative estimate of drug-likeness (QED) is 0.635. The van der Waals surface area contributed by atoms with Gasteiger partial charge in [-0.2, -0.15) is 0 Å². The topological polar surface area (TPSA) is 101 Å². The maximum atomic E-state index is 12.1. The van der Waals surface area contributed by atoms with Crippen LogP contribution < -0.4 is 0 Å². The predicted octanol–water partition coefficient (Wildman–Crippen LogP) is 2.17. The van der Waals surface area contributed by atoms with Gasteiger partial charge in [-0.25, -0.2) is 4.79 Å². The van der Waals surface area contributed by atoms with Gasteiger partial charge in [0.25, 0.3) is 11.6 Å². The number of carboxylic acids is 1. The lowest BCUT2D eigenvalue weighted by Gasteiger charge is -2.16. The number of non-ortho nitro benzene ring substituents is 1. The van der Waals surface area contributed by atoms with E-state index in [1.54, 1.807) is 7.05 Å². The van der Waals surface area contributed by atoms with Crippen molar-refractivity contribution in [1.82, 2.24) is 4.90 Å². The lowest BCUT2D eigenvalue weighted by atomic mass is 10.1. The number of unbranched alkanes of at least 4 members (excludes halogenated alkanes) is 1. The molecule has 0 spiro atoms. The van der Waals surface area contributed by atoms with Crippen LogP contribution in [0.15, 0.2) is 18.2 Å². The number of carbonyl (C=O) groups excluding carboxylic acids is 1. The summed E-state index contributed by atoms with van der Waals surface area (Å²) in [6.45, 7) is 2.49. The van der Waals surface area contributed by atoms with E-state index in [2.05, 4.69) is 0 Å². The van der Waals surface area contributed by atoms with E-state index in [1.165, 1.54) is 4.90 Å². The number of nitrogens with zero attached hydrogens (tertiary/aromatic N) is 2. The number of nitro groups is 1. The predicted molar refractivity (Wildman–Crippen MR) is 71.9 cm³/mol. The first-order chi connectivity index (χ1) is 9.36. The highest BCUT2D eigenvalue weighted by atomic mass is 16.6. The molecule has 0 fully saturated rings. The van der Waals surface area contributed by atoms with E-state index >= 15 is 0 Å². The first kappa shape index (κ1) is 15.6. The van der Waals surface area contributed by atoms with E-state index in [1.807, 2.05) is 6.92 Å². The molecular weight excluding hydrogens is 264 g/mol. The number of hydrogen-bond acceptors (Lipinski definition) is 4. The van der Waals surface area contributed by atoms with Crippen molar-refractivity contribution >= 4 is 17.6 Å². The molecule has 20 heavy (non-hydrogen) atoms. The first-order valence-corrected chi connectivity index (χ1v) is 6.15. The summed E-state index contributed by atoms with van der Waals surface area (Å²) in [7, 11) is 1.58. The average molecular weight is 280 g/mol. The molecule has 0 heterocycles. The molecule has 7 nitrogen and oxygen atoms in total. The van der Waals surface area contributed by atoms with Crippen LogP contribution in [-0.2, 0) is 0 Å². The number of carboxylic acid groups (broad SMARTS) is 1. The van der Waals surface area contributed by atoms with Gasteiger partial charge in [0, 0.05) is 31.3 Å². The van der Waals surface area contributed by atoms with Gasteiger partial charge >= 0.3 is 5.97 Å². The summed E-state index contributed by atoms with van der Waals surface area (Å²) >= 11 is 0. The number of aromatic carboxylic acids is 1. The molecule has 1 amide bonds. The number of rotatable bonds is 6. The Morgan fingerprint density at radius 1 is 1.30 bits per heavy atom. The summed E-state index contributed by atoms with van der Waals surface area (Å²) in [5.74, 6) is -1.73. The van der Waals surface area contributed by atoms with Gasteiger partial charge < -0.3 is 10.0 Å². The summed E-state index contributed by atoms with van der Waals surface area (Å²) in [4.78, 5) is 34.5. The van der Waals surface area contributed by atoms with Crippen LogP contribution in [-0.4, -0.2) is 40.4 Å². The minimum Gasteiger partial charge on any atom is -0.478 e. The zero-order chi connectivity index (χ0) is 15.3. The lowest BCUT2D eigenvalue weighted by Crippen LogP contribution is -2.28. The standard InChI is InChI=1S/C13H16N2O5/c1-3-4-5-14(2)12(16)9-6-10(13(17)18)8-11(7-9)15(19)20/h6-8H,3-5H2,1-2H3,(H,17,18). The highest BCUT2D eigenvalue weighted by Gasteiger charge is 2.19. The molecule has 0 aliphatic heterocycles. The minimum absolute atomic E-state index is 0.00945. The van der Waals surface area contributed by atoms with E-state index in [9.17, 15) is 19.7 Å². The molecule has 0 aliphatic rings. The van der Waals surface area contributed by atoms with E-state index in [-0.39, 0.29) is 11.1 Å². The molecule has 0 saturated carbocycles. The van der Waals surface area contributed by atoms with Gasteiger partial charge in [-0.05, 0) is 12.5 Å². The van der Waals surface area contributed by atoms with Gasteiger partial charge in [-0.1, -0.05) is 13.3 Å². The Morgan fingerprint density at radius 2 is 1.90 bits per heavy atom. The van der Waals surface area contributed by atoms with Crippen molar-refractivity contribution in [2.45, 2.75) is 19.8 Å². The molecule has 1 aromatic rings. The highest BCUT2D eigenvalue weighted by molar-refractivity contribution is 5.98. The summed E-state index contributed by atoms with van der Waals surface area (Å²) in [6.07, 6.45) is 1.72. The molecule has 1 rings (SSSR count). The van der Waals surface area contributed by atoms with Crippen LogP contribution in [0.4, 0.5) is 5.69 Å². The highest BCUT2D eigenvalue weighted by Crippen LogP contribution is 2.18. The van der Waals surface area contributed by atoms with Crippen LogP contribution in [0.3, 0.4) is 0 Å². The second-order valence-electron chi connectivity index (χ2n) is 4.41. The van der Waals surface area contributed by atoms with Gasteiger partial charge in [0.15, 0.2) is 0 Å². The molecule has 0 unspecified atom stereocenters. The second kappa shape index (κ2) is 6.65. The zero-order valence-electron chi connectivity index (χ0n) is 11.3. The minimum atomic E-state index is -1.31. The van der Waals surface area contributed by atoms with Gasteiger partial charge in [0.05, 0.1) is 10.5 Å². The second-order valence-corrected chi connectivity index (χ2v) is 4.41. The lowest BCUT2D eigenvalue weighted by molar-refractivity contribution is -0.384. The fraction of sp³-hybridized carbons (Fsp3) is 0.385. The SMILES string of the molecule is CCCCN(C)C(=O)c1cc(C(=O)O)cc([N+](=O)[O-])c1. The van der Waals surface area contributed by atoms with Gasteiger partial charge in [0.1, 0.15) is 0 Å². The molecule has 1 N–H and O–H groups in total. The molecular formula is C13H16N2O5. The van der Waals surface area contributed by atoms with Gasteiger partial charge in [-0.15, -0.1) is 0 Å². The van der Waals surface area contributed by atoms with Crippen molar-refractivity contribution in [3.63, 3.8) is 0 Å². The zero-order valence-corrected chi connectivity index (χ0v) is 11.3. The normalized spacial score (nSPS) is 10.1.